The molecule has 4 fully saturated rings. The molecule has 4 aromatic heterocycles. The van der Waals surface area contributed by atoms with Crippen LogP contribution in [0.3, 0.4) is 0 Å². The molecule has 28 heteroatoms. The number of rotatable bonds is 31. The molecule has 7 aromatic rings. The number of pyridine rings is 2. The summed E-state index contributed by atoms with van der Waals surface area (Å²) in [5.41, 5.74) is 15.4. The third kappa shape index (κ3) is 16.5. The Morgan fingerprint density at radius 1 is 0.784 bits per heavy atom. The summed E-state index contributed by atoms with van der Waals surface area (Å²) in [7, 11) is 0. The van der Waals surface area contributed by atoms with Gasteiger partial charge in [0.15, 0.2) is 10.8 Å². The molecule has 102 heavy (non-hydrogen) atoms. The number of fused-ring (bicyclic) bond motifs is 2. The molecule has 9 amide bonds. The smallest absolute Gasteiger partial charge is 0.410 e. The van der Waals surface area contributed by atoms with Crippen molar-refractivity contribution in [2.45, 2.75) is 149 Å². The van der Waals surface area contributed by atoms with Crippen LogP contribution in [0.2, 0.25) is 0 Å². The molecule has 12 rings (SSSR count). The van der Waals surface area contributed by atoms with Crippen LogP contribution in [0, 0.1) is 29.1 Å². The van der Waals surface area contributed by atoms with E-state index < -0.39 is 65.4 Å². The molecule has 1 aliphatic heterocycles. The van der Waals surface area contributed by atoms with Gasteiger partial charge in [0.25, 0.3) is 23.6 Å². The first-order chi connectivity index (χ1) is 48.6. The third-order valence-corrected chi connectivity index (χ3v) is 20.8. The number of aliphatic carboxylic acids is 1. The van der Waals surface area contributed by atoms with Gasteiger partial charge in [0.1, 0.15) is 18.7 Å². The number of hydrogen-bond acceptors (Lipinski definition) is 18. The number of aromatic carboxylic acids is 1. The number of carboxylic acids is 2. The van der Waals surface area contributed by atoms with Gasteiger partial charge in [-0.15, -0.1) is 0 Å². The van der Waals surface area contributed by atoms with Crippen molar-refractivity contribution in [2.75, 3.05) is 43.0 Å². The lowest BCUT2D eigenvalue weighted by atomic mass is 9.39. The molecular weight excluding hydrogens is 1330 g/mol. The molecule has 3 aromatic carbocycles. The number of amides is 9. The van der Waals surface area contributed by atoms with Gasteiger partial charge in [-0.25, -0.2) is 29.3 Å². The highest BCUT2D eigenvalue weighted by Gasteiger charge is 2.66. The van der Waals surface area contributed by atoms with Crippen LogP contribution in [-0.4, -0.2) is 155 Å². The molecule has 4 saturated carbocycles. The molecule has 5 heterocycles. The van der Waals surface area contributed by atoms with Crippen molar-refractivity contribution in [3.63, 3.8) is 0 Å². The number of nitrogens with one attached hydrogen (secondary N) is 3. The Morgan fingerprint density at radius 2 is 1.52 bits per heavy atom. The number of benzene rings is 3. The van der Waals surface area contributed by atoms with Gasteiger partial charge in [0, 0.05) is 78.7 Å². The highest BCUT2D eigenvalue weighted by Crippen LogP contribution is 2.72. The Hall–Kier alpha value is -10.3. The molecule has 536 valence electrons. The zero-order valence-corrected chi connectivity index (χ0v) is 58.5. The third-order valence-electron chi connectivity index (χ3n) is 19.8. The molecule has 0 saturated heterocycles. The van der Waals surface area contributed by atoms with Crippen LogP contribution in [0.25, 0.3) is 43.5 Å². The number of carboxylic acid groups (broad SMARTS) is 2. The van der Waals surface area contributed by atoms with Crippen LogP contribution in [0.15, 0.2) is 109 Å². The minimum absolute atomic E-state index is 0.0184. The van der Waals surface area contributed by atoms with Crippen molar-refractivity contribution < 1.29 is 67.6 Å². The van der Waals surface area contributed by atoms with Crippen LogP contribution in [0.4, 0.5) is 20.4 Å². The van der Waals surface area contributed by atoms with Gasteiger partial charge in [-0.3, -0.25) is 53.4 Å². The second-order valence-electron chi connectivity index (χ2n) is 28.6. The van der Waals surface area contributed by atoms with Crippen LogP contribution in [0.1, 0.15) is 143 Å². The number of carbonyl (C=O) groups excluding carboxylic acids is 8. The van der Waals surface area contributed by atoms with Gasteiger partial charge in [-0.2, -0.15) is 5.10 Å². The van der Waals surface area contributed by atoms with E-state index in [4.69, 9.17) is 31.0 Å². The number of anilines is 2. The summed E-state index contributed by atoms with van der Waals surface area (Å²) in [6, 6.07) is 20.5. The van der Waals surface area contributed by atoms with E-state index in [2.05, 4.69) is 39.8 Å². The summed E-state index contributed by atoms with van der Waals surface area (Å²) < 4.78 is 15.7. The predicted octanol–water partition coefficient (Wildman–Crippen LogP) is 9.54. The van der Waals surface area contributed by atoms with Gasteiger partial charge in [-0.05, 0) is 160 Å². The van der Waals surface area contributed by atoms with Gasteiger partial charge < -0.3 is 46.7 Å². The first-order valence-corrected chi connectivity index (χ1v) is 35.1. The fourth-order valence-corrected chi connectivity index (χ4v) is 17.2. The first-order valence-electron chi connectivity index (χ1n) is 34.3. The first kappa shape index (κ1) is 72.9. The summed E-state index contributed by atoms with van der Waals surface area (Å²) >= 11 is 1.37. The SMILES string of the molecule is Cc1c(-c2ccc(-c3ccc4nccc(C(=O)Nc5nc6ccccc6s5)c4c3)nc2C(=O)O)cnn1CC12CC3(C)CC(C)(C1)CC(OCCN(CCC(=O)O)C(=O)OCc1ccc(N(C(N)=O)C(=O)[C@H](CCCN)NC(=O)[C@@H](NC(=O)CCCCCN4C(=O)C=CC4=O)C(C)C)cc1)(C3)C2. The van der Waals surface area contributed by atoms with Gasteiger partial charge >= 0.3 is 24.1 Å². The number of aromatic nitrogens is 5. The Kier molecular flexibility index (Phi) is 21.8. The number of ether oxygens (including phenoxy) is 2. The zero-order valence-electron chi connectivity index (χ0n) is 57.7. The largest absolute Gasteiger partial charge is 0.481 e. The van der Waals surface area contributed by atoms with Crippen LogP contribution >= 0.6 is 11.3 Å². The molecule has 5 aliphatic rings. The minimum atomic E-state index is -1.29. The number of urea groups is 1. The Bertz CT molecular complexity index is 4390. The zero-order chi connectivity index (χ0) is 72.8. The number of unbranched alkanes of at least 4 members (excludes halogenated alkanes) is 2. The Morgan fingerprint density at radius 3 is 2.21 bits per heavy atom. The van der Waals surface area contributed by atoms with Crippen LogP contribution in [-0.2, 0) is 51.4 Å². The second kappa shape index (κ2) is 30.5. The average Bonchev–Trinajstić information content (AvgIpc) is 0.740. The second-order valence-corrected chi connectivity index (χ2v) is 29.6. The molecule has 9 N–H and O–H groups in total. The maximum absolute atomic E-state index is 14.2. The Labute approximate surface area is 592 Å². The summed E-state index contributed by atoms with van der Waals surface area (Å²) in [6.45, 7) is 10.5. The van der Waals surface area contributed by atoms with E-state index >= 15 is 0 Å². The van der Waals surface area contributed by atoms with E-state index in [0.717, 1.165) is 52.9 Å². The summed E-state index contributed by atoms with van der Waals surface area (Å²) in [5.74, 6) is -5.84. The monoisotopic (exact) mass is 1410 g/mol. The number of thiazole rings is 1. The lowest BCUT2D eigenvalue weighted by Crippen LogP contribution is -2.64. The molecule has 4 aliphatic carbocycles. The molecule has 0 radical (unpaired) electrons. The highest BCUT2D eigenvalue weighted by atomic mass is 32.1. The normalized spacial score (nSPS) is 20.2. The van der Waals surface area contributed by atoms with Crippen molar-refractivity contribution in [3.8, 4) is 22.4 Å². The van der Waals surface area contributed by atoms with E-state index in [1.165, 1.54) is 52.7 Å². The number of nitrogens with two attached hydrogens (primary N) is 2. The number of nitrogens with zero attached hydrogens (tertiary/aromatic N) is 8. The van der Waals surface area contributed by atoms with Crippen molar-refractivity contribution in [1.82, 2.24) is 45.2 Å². The highest BCUT2D eigenvalue weighted by molar-refractivity contribution is 7.22. The Balaban J connectivity index is 0.713. The molecular formula is C74H85N13O14S. The number of para-hydroxylation sites is 1. The standard InChI is InChI=1S/C74H85N13O14S/c1-44(2)62(82-58(88)15-7-6-10-30-85-59(89)24-25-60(85)90)65(94)80-56(13-11-28-75)66(95)87(68(76)98)48-19-16-46(17-20-48)36-100-70(99)84(31-27-61(91)92)32-33-101-74-40-71(4)37-72(5,41-74)39-73(38-71,42-74)43-86-45(3)52(35-78-86)49-21-23-53(79-63(49)67(96)97)47-18-22-54-51(34-47)50(26-29-77-54)64(93)83-69-81-55-12-8-9-14-57(55)102-69/h8-9,12,14,16-26,29,34-35,44,56,62H,6-7,10-11,13,15,27-28,30-33,36-43,75H2,1-5H3,(H2,76,98)(H,80,94)(H,82,88)(H,91,92)(H,96,97)(H,81,83,93)/t56-,62-,71?,72?,73?,74?/m0/s1. The summed E-state index contributed by atoms with van der Waals surface area (Å²) in [6.07, 6.45) is 11.4. The van der Waals surface area contributed by atoms with E-state index in [1.54, 1.807) is 62.6 Å². The number of imide groups is 2. The van der Waals surface area contributed by atoms with Gasteiger partial charge in [0.2, 0.25) is 11.8 Å². The number of primary amides is 1. The van der Waals surface area contributed by atoms with E-state index in [-0.39, 0.29) is 110 Å². The van der Waals surface area contributed by atoms with Crippen molar-refractivity contribution in [3.05, 3.63) is 132 Å². The molecule has 2 unspecified atom stereocenters. The fraction of sp³-hybridized carbons (Fsp3) is 0.432. The molecule has 27 nitrogen and oxygen atoms in total. The van der Waals surface area contributed by atoms with Crippen molar-refractivity contribution >= 4 is 103 Å². The van der Waals surface area contributed by atoms with Crippen LogP contribution < -0.4 is 32.3 Å². The van der Waals surface area contributed by atoms with E-state index in [1.807, 2.05) is 35.9 Å². The van der Waals surface area contributed by atoms with E-state index in [9.17, 15) is 58.2 Å². The lowest BCUT2D eigenvalue weighted by Gasteiger charge is -2.69. The van der Waals surface area contributed by atoms with Crippen molar-refractivity contribution in [2.24, 2.45) is 33.6 Å². The quantitative estimate of drug-likeness (QED) is 0.0157. The number of hydrogen-bond donors (Lipinski definition) is 7. The predicted molar refractivity (Wildman–Crippen MR) is 379 cm³/mol. The molecule has 0 spiro atoms. The molecule has 4 atom stereocenters. The van der Waals surface area contributed by atoms with Gasteiger partial charge in [-0.1, -0.05) is 75.8 Å². The summed E-state index contributed by atoms with van der Waals surface area (Å²) in [4.78, 5) is 148. The minimum Gasteiger partial charge on any atom is -0.481 e. The lowest BCUT2D eigenvalue weighted by molar-refractivity contribution is -0.248. The van der Waals surface area contributed by atoms with Crippen LogP contribution in [0.5, 0.6) is 0 Å². The molecule has 4 bridgehead atoms. The number of carbonyl (C=O) groups is 10. The maximum atomic E-state index is 14.2. The van der Waals surface area contributed by atoms with Crippen molar-refractivity contribution in [1.29, 1.82) is 0 Å². The topological polar surface area (TPSA) is 384 Å². The fourth-order valence-electron chi connectivity index (χ4n) is 16.3. The summed E-state index contributed by atoms with van der Waals surface area (Å²) in [5, 5.41) is 34.8. The van der Waals surface area contributed by atoms with E-state index in [0.29, 0.717) is 86.7 Å². The van der Waals surface area contributed by atoms with Gasteiger partial charge in [0.05, 0.1) is 57.5 Å². The average molecular weight is 1410 g/mol. The maximum Gasteiger partial charge on any atom is 0.410 e.